The van der Waals surface area contributed by atoms with Gasteiger partial charge in [-0.15, -0.1) is 0 Å². The highest BCUT2D eigenvalue weighted by Crippen LogP contribution is 2.27. The van der Waals surface area contributed by atoms with Crippen molar-refractivity contribution in [3.8, 4) is 0 Å². The SMILES string of the molecule is CCC1(C)CN(C2CCOC2)C(C(C)C)CN1. The highest BCUT2D eigenvalue weighted by Gasteiger charge is 2.39. The van der Waals surface area contributed by atoms with Crippen LogP contribution >= 0.6 is 0 Å². The minimum absolute atomic E-state index is 0.286. The smallest absolute Gasteiger partial charge is 0.0622 e. The maximum Gasteiger partial charge on any atom is 0.0622 e. The number of piperazine rings is 1. The van der Waals surface area contributed by atoms with Gasteiger partial charge in [0.25, 0.3) is 0 Å². The first kappa shape index (κ1) is 13.3. The summed E-state index contributed by atoms with van der Waals surface area (Å²) in [7, 11) is 0. The zero-order valence-electron chi connectivity index (χ0n) is 11.8. The Balaban J connectivity index is 2.09. The van der Waals surface area contributed by atoms with Crippen LogP contribution in [0.4, 0.5) is 0 Å². The van der Waals surface area contributed by atoms with Gasteiger partial charge in [-0.25, -0.2) is 0 Å². The molecule has 3 unspecified atom stereocenters. The molecular formula is C14H28N2O. The number of hydrogen-bond acceptors (Lipinski definition) is 3. The predicted octanol–water partition coefficient (Wildman–Crippen LogP) is 1.87. The molecule has 2 fully saturated rings. The molecular weight excluding hydrogens is 212 g/mol. The van der Waals surface area contributed by atoms with Crippen LogP contribution in [0.1, 0.15) is 40.5 Å². The van der Waals surface area contributed by atoms with Crippen LogP contribution in [0.2, 0.25) is 0 Å². The molecule has 3 nitrogen and oxygen atoms in total. The van der Waals surface area contributed by atoms with E-state index in [1.165, 1.54) is 19.4 Å². The molecule has 0 radical (unpaired) electrons. The average molecular weight is 240 g/mol. The molecule has 0 bridgehead atoms. The van der Waals surface area contributed by atoms with Crippen LogP contribution in [0.15, 0.2) is 0 Å². The fraction of sp³-hybridized carbons (Fsp3) is 1.00. The molecule has 2 rings (SSSR count). The Hall–Kier alpha value is -0.120. The van der Waals surface area contributed by atoms with Crippen molar-refractivity contribution in [1.29, 1.82) is 0 Å². The van der Waals surface area contributed by atoms with Crippen molar-refractivity contribution in [2.45, 2.75) is 58.2 Å². The minimum Gasteiger partial charge on any atom is -0.380 e. The quantitative estimate of drug-likeness (QED) is 0.815. The van der Waals surface area contributed by atoms with E-state index < -0.39 is 0 Å². The second-order valence-electron chi connectivity index (χ2n) is 6.30. The third-order valence-electron chi connectivity index (χ3n) is 4.62. The van der Waals surface area contributed by atoms with Crippen LogP contribution in [0.3, 0.4) is 0 Å². The Kier molecular flexibility index (Phi) is 4.11. The molecule has 0 amide bonds. The Bertz CT molecular complexity index is 251. The summed E-state index contributed by atoms with van der Waals surface area (Å²) in [5.41, 5.74) is 0.286. The Morgan fingerprint density at radius 2 is 2.24 bits per heavy atom. The summed E-state index contributed by atoms with van der Waals surface area (Å²) in [6.07, 6.45) is 2.41. The highest BCUT2D eigenvalue weighted by atomic mass is 16.5. The van der Waals surface area contributed by atoms with Crippen molar-refractivity contribution in [2.75, 3.05) is 26.3 Å². The second-order valence-corrected chi connectivity index (χ2v) is 6.30. The summed E-state index contributed by atoms with van der Waals surface area (Å²) < 4.78 is 5.58. The van der Waals surface area contributed by atoms with Gasteiger partial charge in [0.15, 0.2) is 0 Å². The fourth-order valence-electron chi connectivity index (χ4n) is 3.08. The molecule has 2 aliphatic rings. The Morgan fingerprint density at radius 1 is 1.47 bits per heavy atom. The molecule has 17 heavy (non-hydrogen) atoms. The topological polar surface area (TPSA) is 24.5 Å². The van der Waals surface area contributed by atoms with Gasteiger partial charge in [-0.2, -0.15) is 0 Å². The summed E-state index contributed by atoms with van der Waals surface area (Å²) in [6.45, 7) is 13.5. The lowest BCUT2D eigenvalue weighted by Gasteiger charge is -2.49. The molecule has 1 N–H and O–H groups in total. The average Bonchev–Trinajstić information content (AvgIpc) is 2.82. The lowest BCUT2D eigenvalue weighted by molar-refractivity contribution is 0.0202. The van der Waals surface area contributed by atoms with E-state index in [1.807, 2.05) is 0 Å². The van der Waals surface area contributed by atoms with Gasteiger partial charge < -0.3 is 10.1 Å². The van der Waals surface area contributed by atoms with E-state index in [0.717, 1.165) is 19.8 Å². The molecule has 0 aliphatic carbocycles. The van der Waals surface area contributed by atoms with Gasteiger partial charge in [0.05, 0.1) is 6.61 Å². The summed E-state index contributed by atoms with van der Waals surface area (Å²) in [5.74, 6) is 0.713. The third kappa shape index (κ3) is 2.83. The van der Waals surface area contributed by atoms with E-state index in [4.69, 9.17) is 4.74 Å². The van der Waals surface area contributed by atoms with Gasteiger partial charge in [-0.3, -0.25) is 4.90 Å². The van der Waals surface area contributed by atoms with Crippen molar-refractivity contribution in [3.63, 3.8) is 0 Å². The van der Waals surface area contributed by atoms with Gasteiger partial charge in [0.1, 0.15) is 0 Å². The van der Waals surface area contributed by atoms with E-state index in [-0.39, 0.29) is 5.54 Å². The van der Waals surface area contributed by atoms with Gasteiger partial charge in [0, 0.05) is 37.3 Å². The lowest BCUT2D eigenvalue weighted by Crippen LogP contribution is -2.66. The van der Waals surface area contributed by atoms with E-state index in [1.54, 1.807) is 0 Å². The number of hydrogen-bond donors (Lipinski definition) is 1. The van der Waals surface area contributed by atoms with E-state index in [2.05, 4.69) is 37.9 Å². The number of rotatable bonds is 3. The van der Waals surface area contributed by atoms with E-state index in [0.29, 0.717) is 18.0 Å². The summed E-state index contributed by atoms with van der Waals surface area (Å²) in [4.78, 5) is 2.72. The Labute approximate surface area is 106 Å². The van der Waals surface area contributed by atoms with Crippen LogP contribution in [0.5, 0.6) is 0 Å². The van der Waals surface area contributed by atoms with Gasteiger partial charge in [-0.1, -0.05) is 20.8 Å². The highest BCUT2D eigenvalue weighted by molar-refractivity contribution is 4.98. The van der Waals surface area contributed by atoms with Gasteiger partial charge in [0.2, 0.25) is 0 Å². The minimum atomic E-state index is 0.286. The Morgan fingerprint density at radius 3 is 2.76 bits per heavy atom. The van der Waals surface area contributed by atoms with Gasteiger partial charge >= 0.3 is 0 Å². The zero-order valence-corrected chi connectivity index (χ0v) is 11.8. The number of nitrogens with zero attached hydrogens (tertiary/aromatic N) is 1. The number of nitrogens with one attached hydrogen (secondary N) is 1. The standard InChI is InChI=1S/C14H28N2O/c1-5-14(4)10-16(12-6-7-17-9-12)13(8-15-14)11(2)3/h11-13,15H,5-10H2,1-4H3. The van der Waals surface area contributed by atoms with Crippen molar-refractivity contribution in [2.24, 2.45) is 5.92 Å². The first-order chi connectivity index (χ1) is 8.06. The zero-order chi connectivity index (χ0) is 12.5. The van der Waals surface area contributed by atoms with Crippen molar-refractivity contribution in [1.82, 2.24) is 10.2 Å². The normalized spacial score (nSPS) is 40.1. The molecule has 2 heterocycles. The third-order valence-corrected chi connectivity index (χ3v) is 4.62. The lowest BCUT2D eigenvalue weighted by atomic mass is 9.88. The first-order valence-corrected chi connectivity index (χ1v) is 7.14. The molecule has 2 saturated heterocycles. The van der Waals surface area contributed by atoms with Crippen LogP contribution in [-0.2, 0) is 4.74 Å². The van der Waals surface area contributed by atoms with Crippen LogP contribution in [0, 0.1) is 5.92 Å². The summed E-state index contributed by atoms with van der Waals surface area (Å²) in [6, 6.07) is 1.32. The van der Waals surface area contributed by atoms with Crippen LogP contribution in [0.25, 0.3) is 0 Å². The molecule has 3 atom stereocenters. The molecule has 0 aromatic carbocycles. The molecule has 0 aromatic rings. The monoisotopic (exact) mass is 240 g/mol. The molecule has 0 spiro atoms. The largest absolute Gasteiger partial charge is 0.380 e. The van der Waals surface area contributed by atoms with E-state index in [9.17, 15) is 0 Å². The van der Waals surface area contributed by atoms with Crippen molar-refractivity contribution < 1.29 is 4.74 Å². The molecule has 0 aromatic heterocycles. The molecule has 3 heteroatoms. The molecule has 0 saturated carbocycles. The van der Waals surface area contributed by atoms with Crippen LogP contribution < -0.4 is 5.32 Å². The maximum absolute atomic E-state index is 5.58. The maximum atomic E-state index is 5.58. The van der Waals surface area contributed by atoms with Gasteiger partial charge in [-0.05, 0) is 25.7 Å². The summed E-state index contributed by atoms with van der Waals surface area (Å²) >= 11 is 0. The second kappa shape index (κ2) is 5.25. The van der Waals surface area contributed by atoms with E-state index >= 15 is 0 Å². The fourth-order valence-corrected chi connectivity index (χ4v) is 3.08. The van der Waals surface area contributed by atoms with Crippen molar-refractivity contribution >= 4 is 0 Å². The predicted molar refractivity (Wildman–Crippen MR) is 71.3 cm³/mol. The first-order valence-electron chi connectivity index (χ1n) is 7.14. The van der Waals surface area contributed by atoms with Crippen LogP contribution in [-0.4, -0.2) is 48.8 Å². The summed E-state index contributed by atoms with van der Waals surface area (Å²) in [5, 5.41) is 3.75. The number of ether oxygens (including phenoxy) is 1. The molecule has 2 aliphatic heterocycles. The van der Waals surface area contributed by atoms with Crippen molar-refractivity contribution in [3.05, 3.63) is 0 Å². The molecule has 100 valence electrons.